The van der Waals surface area contributed by atoms with Crippen LogP contribution in [0.3, 0.4) is 0 Å². The van der Waals surface area contributed by atoms with Gasteiger partial charge in [0, 0.05) is 17.2 Å². The van der Waals surface area contributed by atoms with Crippen molar-refractivity contribution >= 4 is 17.3 Å². The van der Waals surface area contributed by atoms with Gasteiger partial charge in [-0.1, -0.05) is 24.3 Å². The van der Waals surface area contributed by atoms with Crippen LogP contribution >= 0.6 is 0 Å². The van der Waals surface area contributed by atoms with Crippen molar-refractivity contribution in [2.24, 2.45) is 5.73 Å². The molecule has 0 heterocycles. The predicted molar refractivity (Wildman–Crippen MR) is 57.2 cm³/mol. The van der Waals surface area contributed by atoms with Gasteiger partial charge in [-0.05, 0) is 0 Å². The topological polar surface area (TPSA) is 77.2 Å². The Morgan fingerprint density at radius 1 is 1.12 bits per heavy atom. The van der Waals surface area contributed by atoms with E-state index in [0.29, 0.717) is 5.56 Å². The van der Waals surface area contributed by atoms with Crippen molar-refractivity contribution in [2.75, 3.05) is 6.54 Å². The Bertz CT molecular complexity index is 529. The zero-order chi connectivity index (χ0) is 11.7. The Morgan fingerprint density at radius 2 is 1.75 bits per heavy atom. The normalized spacial score (nSPS) is 14.4. The molecule has 0 saturated heterocycles. The summed E-state index contributed by atoms with van der Waals surface area (Å²) in [7, 11) is 0. The average Bonchev–Trinajstić information content (AvgIpc) is 2.33. The van der Waals surface area contributed by atoms with Gasteiger partial charge in [0.05, 0.1) is 12.1 Å². The van der Waals surface area contributed by atoms with Crippen LogP contribution in [-0.4, -0.2) is 23.9 Å². The summed E-state index contributed by atoms with van der Waals surface area (Å²) in [4.78, 5) is 34.9. The van der Waals surface area contributed by atoms with Crippen molar-refractivity contribution in [3.8, 4) is 0 Å². The van der Waals surface area contributed by atoms with Gasteiger partial charge in [0.15, 0.2) is 17.3 Å². The molecule has 0 aromatic heterocycles. The molecule has 0 saturated carbocycles. The molecule has 0 bridgehead atoms. The predicted octanol–water partition coefficient (Wildman–Crippen LogP) is 0.520. The zero-order valence-electron chi connectivity index (χ0n) is 8.40. The second-order valence-corrected chi connectivity index (χ2v) is 3.42. The van der Waals surface area contributed by atoms with Crippen LogP contribution in [-0.2, 0) is 4.79 Å². The van der Waals surface area contributed by atoms with Gasteiger partial charge in [-0.3, -0.25) is 14.4 Å². The monoisotopic (exact) mass is 215 g/mol. The van der Waals surface area contributed by atoms with Crippen LogP contribution < -0.4 is 5.73 Å². The van der Waals surface area contributed by atoms with Crippen molar-refractivity contribution in [3.05, 3.63) is 47.0 Å². The molecule has 2 rings (SSSR count). The molecule has 16 heavy (non-hydrogen) atoms. The molecule has 0 aliphatic heterocycles. The van der Waals surface area contributed by atoms with Gasteiger partial charge >= 0.3 is 0 Å². The van der Waals surface area contributed by atoms with Crippen LogP contribution in [0.4, 0.5) is 0 Å². The quantitative estimate of drug-likeness (QED) is 0.729. The molecule has 0 amide bonds. The van der Waals surface area contributed by atoms with Gasteiger partial charge in [-0.25, -0.2) is 0 Å². The first-order chi connectivity index (χ1) is 7.65. The fourth-order valence-electron chi connectivity index (χ4n) is 1.63. The third-order valence-corrected chi connectivity index (χ3v) is 2.44. The number of Topliss-reactive ketones (excluding diaryl/α,β-unsaturated/α-hetero) is 2. The number of ketones is 3. The van der Waals surface area contributed by atoms with E-state index in [0.717, 1.165) is 6.08 Å². The van der Waals surface area contributed by atoms with E-state index in [9.17, 15) is 14.4 Å². The lowest BCUT2D eigenvalue weighted by Crippen LogP contribution is -2.26. The van der Waals surface area contributed by atoms with Gasteiger partial charge < -0.3 is 5.73 Å². The summed E-state index contributed by atoms with van der Waals surface area (Å²) in [5.74, 6) is -1.26. The molecule has 4 nitrogen and oxygen atoms in total. The van der Waals surface area contributed by atoms with E-state index in [2.05, 4.69) is 0 Å². The summed E-state index contributed by atoms with van der Waals surface area (Å²) in [6, 6.07) is 6.43. The van der Waals surface area contributed by atoms with E-state index >= 15 is 0 Å². The smallest absolute Gasteiger partial charge is 0.197 e. The van der Waals surface area contributed by atoms with Gasteiger partial charge in [0.25, 0.3) is 0 Å². The Kier molecular flexibility index (Phi) is 2.50. The number of carbonyl (C=O) groups is 3. The van der Waals surface area contributed by atoms with E-state index < -0.39 is 11.6 Å². The third-order valence-electron chi connectivity index (χ3n) is 2.44. The van der Waals surface area contributed by atoms with Crippen molar-refractivity contribution in [3.63, 3.8) is 0 Å². The Hall–Kier alpha value is -2.07. The number of hydrogen-bond donors (Lipinski definition) is 1. The molecule has 0 fully saturated rings. The Balaban J connectivity index is 2.56. The third kappa shape index (κ3) is 1.49. The molecular weight excluding hydrogens is 206 g/mol. The zero-order valence-corrected chi connectivity index (χ0v) is 8.40. The highest BCUT2D eigenvalue weighted by Crippen LogP contribution is 2.21. The standard InChI is InChI=1S/C12H9NO3/c13-6-11(15)9-5-10(14)7-3-1-2-4-8(7)12(9)16/h1-5H,6,13H2. The van der Waals surface area contributed by atoms with Crippen LogP contribution in [0, 0.1) is 0 Å². The fourth-order valence-corrected chi connectivity index (χ4v) is 1.63. The van der Waals surface area contributed by atoms with Crippen LogP contribution in [0.1, 0.15) is 20.7 Å². The lowest BCUT2D eigenvalue weighted by atomic mass is 9.88. The highest BCUT2D eigenvalue weighted by Gasteiger charge is 2.28. The largest absolute Gasteiger partial charge is 0.324 e. The second kappa shape index (κ2) is 3.83. The number of fused-ring (bicyclic) bond motifs is 1. The Morgan fingerprint density at radius 3 is 2.38 bits per heavy atom. The maximum atomic E-state index is 11.9. The minimum Gasteiger partial charge on any atom is -0.324 e. The van der Waals surface area contributed by atoms with Crippen molar-refractivity contribution in [1.82, 2.24) is 0 Å². The minimum atomic E-state index is -0.507. The van der Waals surface area contributed by atoms with Crippen LogP contribution in [0.5, 0.6) is 0 Å². The summed E-state index contributed by atoms with van der Waals surface area (Å²) in [6.07, 6.45) is 1.07. The first kappa shape index (κ1) is 10.4. The summed E-state index contributed by atoms with van der Waals surface area (Å²) >= 11 is 0. The number of benzene rings is 1. The number of carbonyl (C=O) groups excluding carboxylic acids is 3. The molecule has 1 aromatic carbocycles. The molecule has 2 N–H and O–H groups in total. The van der Waals surface area contributed by atoms with Crippen molar-refractivity contribution in [1.29, 1.82) is 0 Å². The van der Waals surface area contributed by atoms with E-state index in [1.165, 1.54) is 6.07 Å². The van der Waals surface area contributed by atoms with Gasteiger partial charge in [-0.2, -0.15) is 0 Å². The highest BCUT2D eigenvalue weighted by molar-refractivity contribution is 6.35. The molecule has 4 heteroatoms. The first-order valence-corrected chi connectivity index (χ1v) is 4.78. The van der Waals surface area contributed by atoms with E-state index in [-0.39, 0.29) is 23.5 Å². The minimum absolute atomic E-state index is 0.119. The number of allylic oxidation sites excluding steroid dienone is 1. The van der Waals surface area contributed by atoms with Crippen molar-refractivity contribution < 1.29 is 14.4 Å². The summed E-state index contributed by atoms with van der Waals surface area (Å²) in [5.41, 5.74) is 5.66. The maximum absolute atomic E-state index is 11.9. The molecule has 0 unspecified atom stereocenters. The molecule has 1 aromatic rings. The van der Waals surface area contributed by atoms with Crippen LogP contribution in [0.15, 0.2) is 35.9 Å². The Labute approximate surface area is 91.8 Å². The molecule has 1 aliphatic carbocycles. The maximum Gasteiger partial charge on any atom is 0.197 e. The van der Waals surface area contributed by atoms with E-state index in [4.69, 9.17) is 5.73 Å². The molecule has 0 atom stereocenters. The van der Waals surface area contributed by atoms with Gasteiger partial charge in [0.1, 0.15) is 0 Å². The molecule has 0 spiro atoms. The highest BCUT2D eigenvalue weighted by atomic mass is 16.2. The summed E-state index contributed by atoms with van der Waals surface area (Å²) in [5, 5.41) is 0. The van der Waals surface area contributed by atoms with Gasteiger partial charge in [-0.15, -0.1) is 0 Å². The molecular formula is C12H9NO3. The number of nitrogens with two attached hydrogens (primary N) is 1. The molecule has 0 radical (unpaired) electrons. The first-order valence-electron chi connectivity index (χ1n) is 4.78. The average molecular weight is 215 g/mol. The molecule has 1 aliphatic rings. The number of hydrogen-bond acceptors (Lipinski definition) is 4. The summed E-state index contributed by atoms with van der Waals surface area (Å²) in [6.45, 7) is -0.271. The van der Waals surface area contributed by atoms with Crippen LogP contribution in [0.25, 0.3) is 0 Å². The molecule has 80 valence electrons. The SMILES string of the molecule is NCC(=O)C1=CC(=O)c2ccccc2C1=O. The number of rotatable bonds is 2. The van der Waals surface area contributed by atoms with Crippen LogP contribution in [0.2, 0.25) is 0 Å². The summed E-state index contributed by atoms with van der Waals surface area (Å²) < 4.78 is 0. The fraction of sp³-hybridized carbons (Fsp3) is 0.0833. The van der Waals surface area contributed by atoms with E-state index in [1.807, 2.05) is 0 Å². The lowest BCUT2D eigenvalue weighted by Gasteiger charge is -2.13. The van der Waals surface area contributed by atoms with E-state index in [1.54, 1.807) is 18.2 Å². The van der Waals surface area contributed by atoms with Crippen molar-refractivity contribution in [2.45, 2.75) is 0 Å². The van der Waals surface area contributed by atoms with Gasteiger partial charge in [0.2, 0.25) is 0 Å². The second-order valence-electron chi connectivity index (χ2n) is 3.42. The lowest BCUT2D eigenvalue weighted by molar-refractivity contribution is -0.114.